The second-order valence-electron chi connectivity index (χ2n) is 8.24. The minimum absolute atomic E-state index is 0.163. The molecule has 3 heterocycles. The van der Waals surface area contributed by atoms with Gasteiger partial charge in [0.25, 0.3) is 0 Å². The number of hydrogen-bond donors (Lipinski definition) is 4. The van der Waals surface area contributed by atoms with Gasteiger partial charge in [0.15, 0.2) is 6.10 Å². The van der Waals surface area contributed by atoms with Gasteiger partial charge in [0.05, 0.1) is 5.71 Å². The highest BCUT2D eigenvalue weighted by Crippen LogP contribution is 2.50. The lowest BCUT2D eigenvalue weighted by Gasteiger charge is -2.37. The highest BCUT2D eigenvalue weighted by molar-refractivity contribution is 6.53. The van der Waals surface area contributed by atoms with Gasteiger partial charge in [-0.25, -0.2) is 4.99 Å². The molecule has 5 N–H and O–H groups in total. The first-order chi connectivity index (χ1) is 14.5. The van der Waals surface area contributed by atoms with Crippen LogP contribution in [0.4, 0.5) is 0 Å². The maximum absolute atomic E-state index is 13.7. The highest BCUT2D eigenvalue weighted by atomic mass is 16.5. The Bertz CT molecular complexity index is 1030. The van der Waals surface area contributed by atoms with E-state index < -0.39 is 18.6 Å². The quantitative estimate of drug-likeness (QED) is 0.548. The summed E-state index contributed by atoms with van der Waals surface area (Å²) in [4.78, 5) is 18.2. The number of carbonyl (C=O) groups excluding carboxylic acids is 1. The van der Waals surface area contributed by atoms with Crippen LogP contribution in [0.2, 0.25) is 0 Å². The first-order valence-corrected chi connectivity index (χ1v) is 10.3. The van der Waals surface area contributed by atoms with Gasteiger partial charge in [-0.05, 0) is 54.7 Å². The summed E-state index contributed by atoms with van der Waals surface area (Å²) in [7, 11) is -1.61. The number of Topliss-reactive ketones (excluding diaryl/α,β-unsaturated/α-hetero) is 1. The molecular formula is C22H24BN3O4. The first kappa shape index (κ1) is 19.4. The standard InChI is InChI=1S/C22H24BN3O4/c24-12-13-4-5-19-15(10-13)22(6-8-25-9-7-22)21(30-19)20(27)18-11-14-16(23(28)29)2-1-3-17(14)26-18/h1-2,4-5,10-11,21,25,28-29H,3,6-9,12,24H2. The topological polar surface area (TPSA) is 117 Å². The summed E-state index contributed by atoms with van der Waals surface area (Å²) < 4.78 is 6.24. The van der Waals surface area contributed by atoms with E-state index in [9.17, 15) is 14.8 Å². The van der Waals surface area contributed by atoms with Crippen molar-refractivity contribution in [3.63, 3.8) is 0 Å². The molecule has 0 amide bonds. The van der Waals surface area contributed by atoms with Crippen molar-refractivity contribution >= 4 is 18.6 Å². The third kappa shape index (κ3) is 2.91. The number of carbonyl (C=O) groups is 1. The number of hydrogen-bond acceptors (Lipinski definition) is 7. The van der Waals surface area contributed by atoms with E-state index in [1.54, 1.807) is 12.2 Å². The summed E-state index contributed by atoms with van der Waals surface area (Å²) in [5.74, 6) is 0.576. The number of aliphatic imine (C=N–C) groups is 1. The van der Waals surface area contributed by atoms with E-state index in [-0.39, 0.29) is 5.78 Å². The van der Waals surface area contributed by atoms with E-state index in [1.807, 2.05) is 18.2 Å². The van der Waals surface area contributed by atoms with Gasteiger partial charge in [0, 0.05) is 23.9 Å². The summed E-state index contributed by atoms with van der Waals surface area (Å²) in [6, 6.07) is 5.93. The molecular weight excluding hydrogens is 381 g/mol. The Morgan fingerprint density at radius 3 is 2.87 bits per heavy atom. The molecule has 0 bridgehead atoms. The zero-order valence-corrected chi connectivity index (χ0v) is 16.6. The molecule has 7 nitrogen and oxygen atoms in total. The third-order valence-corrected chi connectivity index (χ3v) is 6.59. The molecule has 4 aliphatic rings. The van der Waals surface area contributed by atoms with Crippen LogP contribution < -0.4 is 15.8 Å². The summed E-state index contributed by atoms with van der Waals surface area (Å²) >= 11 is 0. The van der Waals surface area contributed by atoms with Crippen LogP contribution in [0.5, 0.6) is 5.75 Å². The van der Waals surface area contributed by atoms with Gasteiger partial charge in [-0.1, -0.05) is 24.3 Å². The first-order valence-electron chi connectivity index (χ1n) is 10.3. The van der Waals surface area contributed by atoms with Crippen LogP contribution in [0.3, 0.4) is 0 Å². The van der Waals surface area contributed by atoms with Crippen LogP contribution >= 0.6 is 0 Å². The van der Waals surface area contributed by atoms with Crippen LogP contribution in [-0.2, 0) is 16.8 Å². The average molecular weight is 405 g/mol. The SMILES string of the molecule is NCc1ccc2c(c1)C1(CCNCC1)C(C(=O)C1=CC3=C(B(O)O)C=CCC3=N1)O2. The number of nitrogens with zero attached hydrogens (tertiary/aromatic N) is 1. The maximum Gasteiger partial charge on any atom is 0.489 e. The zero-order valence-electron chi connectivity index (χ0n) is 16.6. The van der Waals surface area contributed by atoms with E-state index in [4.69, 9.17) is 10.5 Å². The van der Waals surface area contributed by atoms with Gasteiger partial charge in [0.1, 0.15) is 11.4 Å². The monoisotopic (exact) mass is 405 g/mol. The molecule has 1 atom stereocenters. The summed E-state index contributed by atoms with van der Waals surface area (Å²) in [6.45, 7) is 2.05. The number of ether oxygens (including phenoxy) is 1. The molecule has 0 radical (unpaired) electrons. The number of piperidine rings is 1. The van der Waals surface area contributed by atoms with Crippen molar-refractivity contribution in [3.05, 3.63) is 64.3 Å². The van der Waals surface area contributed by atoms with Crippen molar-refractivity contribution < 1.29 is 19.6 Å². The Balaban J connectivity index is 1.54. The predicted molar refractivity (Wildman–Crippen MR) is 114 cm³/mol. The van der Waals surface area contributed by atoms with Crippen molar-refractivity contribution in [2.75, 3.05) is 13.1 Å². The molecule has 0 aromatic heterocycles. The zero-order chi connectivity index (χ0) is 20.9. The lowest BCUT2D eigenvalue weighted by Crippen LogP contribution is -2.50. The van der Waals surface area contributed by atoms with Gasteiger partial charge in [-0.2, -0.15) is 0 Å². The summed E-state index contributed by atoms with van der Waals surface area (Å²) in [5, 5.41) is 22.7. The van der Waals surface area contributed by atoms with E-state index in [2.05, 4.69) is 16.4 Å². The van der Waals surface area contributed by atoms with Gasteiger partial charge in [-0.3, -0.25) is 4.79 Å². The molecule has 30 heavy (non-hydrogen) atoms. The number of allylic oxidation sites excluding steroid dienone is 5. The smallest absolute Gasteiger partial charge is 0.481 e. The molecule has 1 fully saturated rings. The number of fused-ring (bicyclic) bond motifs is 3. The van der Waals surface area contributed by atoms with Crippen molar-refractivity contribution in [1.82, 2.24) is 5.32 Å². The fourth-order valence-electron chi connectivity index (χ4n) is 5.02. The van der Waals surface area contributed by atoms with Crippen LogP contribution in [0, 0.1) is 0 Å². The molecule has 8 heteroatoms. The van der Waals surface area contributed by atoms with Crippen LogP contribution in [-0.4, -0.2) is 47.9 Å². The van der Waals surface area contributed by atoms with Gasteiger partial charge < -0.3 is 25.8 Å². The van der Waals surface area contributed by atoms with Crippen molar-refractivity contribution in [2.24, 2.45) is 10.7 Å². The molecule has 1 aliphatic carbocycles. The minimum Gasteiger partial charge on any atom is -0.481 e. The van der Waals surface area contributed by atoms with Gasteiger partial charge in [-0.15, -0.1) is 0 Å². The maximum atomic E-state index is 13.7. The summed E-state index contributed by atoms with van der Waals surface area (Å²) in [5.41, 5.74) is 9.51. The van der Waals surface area contributed by atoms with Crippen molar-refractivity contribution in [2.45, 2.75) is 37.3 Å². The molecule has 154 valence electrons. The lowest BCUT2D eigenvalue weighted by molar-refractivity contribution is -0.124. The average Bonchev–Trinajstić information content (AvgIpc) is 3.33. The molecule has 1 unspecified atom stereocenters. The molecule has 3 aliphatic heterocycles. The molecule has 1 aromatic rings. The van der Waals surface area contributed by atoms with Gasteiger partial charge in [0.2, 0.25) is 5.78 Å². The Morgan fingerprint density at radius 1 is 1.33 bits per heavy atom. The van der Waals surface area contributed by atoms with Crippen molar-refractivity contribution in [3.8, 4) is 5.75 Å². The molecule has 1 spiro atoms. The fourth-order valence-corrected chi connectivity index (χ4v) is 5.02. The Hall–Kier alpha value is -2.52. The Labute approximate surface area is 175 Å². The number of benzene rings is 1. The largest absolute Gasteiger partial charge is 0.489 e. The number of ketones is 1. The Morgan fingerprint density at radius 2 is 2.13 bits per heavy atom. The molecule has 5 rings (SSSR count). The van der Waals surface area contributed by atoms with E-state index in [0.29, 0.717) is 35.4 Å². The normalized spacial score (nSPS) is 23.6. The lowest BCUT2D eigenvalue weighted by atomic mass is 9.68. The molecule has 1 aromatic carbocycles. The number of nitrogens with one attached hydrogen (secondary N) is 1. The molecule has 1 saturated heterocycles. The number of rotatable bonds is 4. The van der Waals surface area contributed by atoms with E-state index >= 15 is 0 Å². The second kappa shape index (κ2) is 7.32. The van der Waals surface area contributed by atoms with Crippen LogP contribution in [0.25, 0.3) is 0 Å². The van der Waals surface area contributed by atoms with E-state index in [1.165, 1.54) is 0 Å². The predicted octanol–water partition coefficient (Wildman–Crippen LogP) is 0.704. The Kier molecular flexibility index (Phi) is 4.74. The van der Waals surface area contributed by atoms with Crippen molar-refractivity contribution in [1.29, 1.82) is 0 Å². The van der Waals surface area contributed by atoms with E-state index in [0.717, 1.165) is 42.8 Å². The second-order valence-corrected chi connectivity index (χ2v) is 8.24. The molecule has 0 saturated carbocycles. The van der Waals surface area contributed by atoms with Gasteiger partial charge >= 0.3 is 7.12 Å². The minimum atomic E-state index is -1.61. The third-order valence-electron chi connectivity index (χ3n) is 6.59. The summed E-state index contributed by atoms with van der Waals surface area (Å²) in [6.07, 6.45) is 6.64. The van der Waals surface area contributed by atoms with Crippen LogP contribution in [0.1, 0.15) is 30.4 Å². The number of nitrogens with two attached hydrogens (primary N) is 1. The fraction of sp³-hybridized carbons (Fsp3) is 0.364. The highest BCUT2D eigenvalue weighted by Gasteiger charge is 2.53. The van der Waals surface area contributed by atoms with Crippen LogP contribution in [0.15, 0.2) is 58.2 Å².